The molecule has 0 aliphatic carbocycles. The van der Waals surface area contributed by atoms with Crippen molar-refractivity contribution in [3.63, 3.8) is 0 Å². The Morgan fingerprint density at radius 3 is 2.55 bits per heavy atom. The molecule has 0 spiro atoms. The van der Waals surface area contributed by atoms with Crippen LogP contribution in [0.1, 0.15) is 37.6 Å². The van der Waals surface area contributed by atoms with Gasteiger partial charge in [-0.15, -0.1) is 10.2 Å². The van der Waals surface area contributed by atoms with Crippen molar-refractivity contribution in [1.29, 1.82) is 0 Å². The summed E-state index contributed by atoms with van der Waals surface area (Å²) in [5.74, 6) is 0.470. The summed E-state index contributed by atoms with van der Waals surface area (Å²) >= 11 is 1.34. The molecule has 8 heteroatoms. The van der Waals surface area contributed by atoms with Gasteiger partial charge in [-0.05, 0) is 44.5 Å². The first-order valence-corrected chi connectivity index (χ1v) is 10.3. The summed E-state index contributed by atoms with van der Waals surface area (Å²) < 4.78 is 2.02. The molecule has 0 saturated carbocycles. The fourth-order valence-corrected chi connectivity index (χ4v) is 3.74. The van der Waals surface area contributed by atoms with Crippen LogP contribution in [0.4, 0.5) is 5.69 Å². The first kappa shape index (κ1) is 20.7. The molecule has 0 aliphatic rings. The molecule has 0 radical (unpaired) electrons. The number of nitrogens with one attached hydrogen (secondary N) is 1. The molecule has 3 rings (SSSR count). The number of nitrogens with zero attached hydrogens (tertiary/aromatic N) is 4. The van der Waals surface area contributed by atoms with E-state index in [-0.39, 0.29) is 11.7 Å². The van der Waals surface area contributed by atoms with Gasteiger partial charge in [-0.3, -0.25) is 14.6 Å². The van der Waals surface area contributed by atoms with E-state index < -0.39 is 5.25 Å². The van der Waals surface area contributed by atoms with Crippen LogP contribution in [-0.2, 0) is 11.3 Å². The molecule has 150 valence electrons. The van der Waals surface area contributed by atoms with E-state index in [4.69, 9.17) is 0 Å². The van der Waals surface area contributed by atoms with Crippen molar-refractivity contribution in [3.05, 3.63) is 54.4 Å². The number of carbonyl (C=O) groups excluding carboxylic acids is 2. The molecule has 0 saturated heterocycles. The number of para-hydroxylation sites is 1. The summed E-state index contributed by atoms with van der Waals surface area (Å²) in [4.78, 5) is 28.6. The monoisotopic (exact) mass is 409 g/mol. The maximum absolute atomic E-state index is 12.7. The number of rotatable bonds is 8. The summed E-state index contributed by atoms with van der Waals surface area (Å²) in [7, 11) is 0. The first-order valence-electron chi connectivity index (χ1n) is 9.42. The number of benzene rings is 1. The number of ketones is 1. The van der Waals surface area contributed by atoms with E-state index in [0.717, 1.165) is 24.4 Å². The minimum Gasteiger partial charge on any atom is -0.324 e. The molecule has 1 N–H and O–H groups in total. The van der Waals surface area contributed by atoms with Crippen LogP contribution >= 0.6 is 11.8 Å². The third-order valence-corrected chi connectivity index (χ3v) is 5.40. The third-order valence-electron chi connectivity index (χ3n) is 4.32. The van der Waals surface area contributed by atoms with Gasteiger partial charge in [0.25, 0.3) is 0 Å². The van der Waals surface area contributed by atoms with Crippen molar-refractivity contribution in [2.24, 2.45) is 0 Å². The number of aromatic nitrogens is 4. The van der Waals surface area contributed by atoms with Crippen LogP contribution in [0, 0.1) is 0 Å². The van der Waals surface area contributed by atoms with Gasteiger partial charge in [-0.2, -0.15) is 0 Å². The van der Waals surface area contributed by atoms with Gasteiger partial charge in [0.05, 0.1) is 10.9 Å². The summed E-state index contributed by atoms with van der Waals surface area (Å²) in [6, 6.07) is 10.8. The SMILES string of the molecule is CCCn1c(S[C@H](C)C(=O)Nc2ccccc2C(C)=O)nnc1-c1ccncc1. The Bertz CT molecular complexity index is 1000. The summed E-state index contributed by atoms with van der Waals surface area (Å²) in [5, 5.41) is 11.8. The van der Waals surface area contributed by atoms with Crippen LogP contribution in [0.3, 0.4) is 0 Å². The van der Waals surface area contributed by atoms with Gasteiger partial charge >= 0.3 is 0 Å². The molecule has 0 fully saturated rings. The van der Waals surface area contributed by atoms with Gasteiger partial charge in [-0.1, -0.05) is 30.8 Å². The van der Waals surface area contributed by atoms with E-state index in [0.29, 0.717) is 16.4 Å². The summed E-state index contributed by atoms with van der Waals surface area (Å²) in [5.41, 5.74) is 1.94. The van der Waals surface area contributed by atoms with E-state index in [1.54, 1.807) is 36.7 Å². The maximum atomic E-state index is 12.7. The van der Waals surface area contributed by atoms with Crippen LogP contribution in [-0.4, -0.2) is 36.7 Å². The lowest BCUT2D eigenvalue weighted by Gasteiger charge is -2.14. The molecule has 1 aromatic carbocycles. The average Bonchev–Trinajstić information content (AvgIpc) is 3.11. The highest BCUT2D eigenvalue weighted by Gasteiger charge is 2.21. The second-order valence-electron chi connectivity index (χ2n) is 6.54. The van der Waals surface area contributed by atoms with Crippen molar-refractivity contribution in [1.82, 2.24) is 19.7 Å². The number of anilines is 1. The second-order valence-corrected chi connectivity index (χ2v) is 7.85. The Morgan fingerprint density at radius 2 is 1.86 bits per heavy atom. The lowest BCUT2D eigenvalue weighted by Crippen LogP contribution is -2.24. The Morgan fingerprint density at radius 1 is 1.14 bits per heavy atom. The molecular formula is C21H23N5O2S. The Kier molecular flexibility index (Phi) is 6.77. The van der Waals surface area contributed by atoms with Crippen molar-refractivity contribution in [2.45, 2.75) is 44.1 Å². The van der Waals surface area contributed by atoms with E-state index in [1.807, 2.05) is 23.6 Å². The molecule has 0 unspecified atom stereocenters. The van der Waals surface area contributed by atoms with Crippen LogP contribution in [0.5, 0.6) is 0 Å². The fraction of sp³-hybridized carbons (Fsp3) is 0.286. The molecule has 0 aliphatic heterocycles. The normalized spacial score (nSPS) is 11.8. The highest BCUT2D eigenvalue weighted by molar-refractivity contribution is 8.00. The molecule has 0 bridgehead atoms. The zero-order chi connectivity index (χ0) is 20.8. The van der Waals surface area contributed by atoms with Gasteiger partial charge < -0.3 is 9.88 Å². The standard InChI is InChI=1S/C21H23N5O2S/c1-4-13-26-19(16-9-11-22-12-10-16)24-25-21(26)29-15(3)20(28)23-18-8-6-5-7-17(18)14(2)27/h5-12,15H,4,13H2,1-3H3,(H,23,28)/t15-/m1/s1. The first-order chi connectivity index (χ1) is 14.0. The minimum atomic E-state index is -0.417. The number of thioether (sulfide) groups is 1. The van der Waals surface area contributed by atoms with E-state index >= 15 is 0 Å². The van der Waals surface area contributed by atoms with Gasteiger partial charge in [0, 0.05) is 30.1 Å². The Hall–Kier alpha value is -3.00. The Balaban J connectivity index is 1.78. The smallest absolute Gasteiger partial charge is 0.237 e. The zero-order valence-corrected chi connectivity index (χ0v) is 17.4. The van der Waals surface area contributed by atoms with Crippen LogP contribution in [0.15, 0.2) is 53.9 Å². The Labute approximate surface area is 174 Å². The van der Waals surface area contributed by atoms with Crippen LogP contribution in [0.25, 0.3) is 11.4 Å². The number of hydrogen-bond acceptors (Lipinski definition) is 6. The largest absolute Gasteiger partial charge is 0.324 e. The predicted octanol–water partition coefficient (Wildman–Crippen LogP) is 4.07. The number of Topliss-reactive ketones (excluding diaryl/α,β-unsaturated/α-hetero) is 1. The van der Waals surface area contributed by atoms with Gasteiger partial charge in [-0.25, -0.2) is 0 Å². The third kappa shape index (κ3) is 4.89. The molecule has 2 aromatic heterocycles. The van der Waals surface area contributed by atoms with Crippen molar-refractivity contribution in [2.75, 3.05) is 5.32 Å². The van der Waals surface area contributed by atoms with Gasteiger partial charge in [0.15, 0.2) is 16.8 Å². The highest BCUT2D eigenvalue weighted by Crippen LogP contribution is 2.28. The van der Waals surface area contributed by atoms with Crippen molar-refractivity contribution < 1.29 is 9.59 Å². The molecule has 7 nitrogen and oxygen atoms in total. The molecule has 2 heterocycles. The predicted molar refractivity (Wildman–Crippen MR) is 114 cm³/mol. The number of pyridine rings is 1. The summed E-state index contributed by atoms with van der Waals surface area (Å²) in [6.45, 7) is 6.12. The molecule has 29 heavy (non-hydrogen) atoms. The van der Waals surface area contributed by atoms with Gasteiger partial charge in [0.2, 0.25) is 5.91 Å². The van der Waals surface area contributed by atoms with Crippen molar-refractivity contribution in [3.8, 4) is 11.4 Å². The molecule has 3 aromatic rings. The number of carbonyl (C=O) groups is 2. The highest BCUT2D eigenvalue weighted by atomic mass is 32.2. The topological polar surface area (TPSA) is 89.8 Å². The lowest BCUT2D eigenvalue weighted by atomic mass is 10.1. The van der Waals surface area contributed by atoms with E-state index in [1.165, 1.54) is 18.7 Å². The molecule has 1 atom stereocenters. The van der Waals surface area contributed by atoms with Crippen LogP contribution in [0.2, 0.25) is 0 Å². The van der Waals surface area contributed by atoms with Crippen molar-refractivity contribution >= 4 is 29.1 Å². The second kappa shape index (κ2) is 9.47. The molecular weight excluding hydrogens is 386 g/mol. The van der Waals surface area contributed by atoms with Crippen LogP contribution < -0.4 is 5.32 Å². The summed E-state index contributed by atoms with van der Waals surface area (Å²) in [6.07, 6.45) is 4.35. The fourth-order valence-electron chi connectivity index (χ4n) is 2.86. The van der Waals surface area contributed by atoms with E-state index in [9.17, 15) is 9.59 Å². The van der Waals surface area contributed by atoms with E-state index in [2.05, 4.69) is 27.4 Å². The van der Waals surface area contributed by atoms with Gasteiger partial charge in [0.1, 0.15) is 0 Å². The number of amides is 1. The average molecular weight is 410 g/mol. The quantitative estimate of drug-likeness (QED) is 0.445. The zero-order valence-electron chi connectivity index (χ0n) is 16.6. The molecule has 1 amide bonds. The lowest BCUT2D eigenvalue weighted by molar-refractivity contribution is -0.115. The number of hydrogen-bond donors (Lipinski definition) is 1. The minimum absolute atomic E-state index is 0.0918. The maximum Gasteiger partial charge on any atom is 0.237 e.